The summed E-state index contributed by atoms with van der Waals surface area (Å²) in [5.41, 5.74) is 4.17. The van der Waals surface area contributed by atoms with E-state index in [0.29, 0.717) is 0 Å². The molecule has 0 amide bonds. The number of hydrogen-bond acceptors (Lipinski definition) is 1. The Morgan fingerprint density at radius 1 is 1.21 bits per heavy atom. The van der Waals surface area contributed by atoms with E-state index in [0.717, 1.165) is 13.1 Å². The molecule has 78 valence electrons. The van der Waals surface area contributed by atoms with Gasteiger partial charge in [-0.2, -0.15) is 0 Å². The van der Waals surface area contributed by atoms with Crippen LogP contribution in [0, 0.1) is 13.8 Å². The van der Waals surface area contributed by atoms with Gasteiger partial charge >= 0.3 is 0 Å². The van der Waals surface area contributed by atoms with Crippen molar-refractivity contribution in [3.8, 4) is 0 Å². The zero-order valence-corrected chi connectivity index (χ0v) is 9.56. The standard InChI is InChI=1S/C13H21N/c1-4-5-8-14-10-13-7-6-11(2)9-12(13)3/h6-7,9,14H,4-5,8,10H2,1-3H3. The maximum atomic E-state index is 3.46. The van der Waals surface area contributed by atoms with Crippen LogP contribution in [0.4, 0.5) is 0 Å². The second-order valence-electron chi connectivity index (χ2n) is 3.96. The Bertz CT molecular complexity index is 279. The molecule has 14 heavy (non-hydrogen) atoms. The van der Waals surface area contributed by atoms with Gasteiger partial charge in [-0.25, -0.2) is 0 Å². The fourth-order valence-electron chi connectivity index (χ4n) is 1.57. The minimum Gasteiger partial charge on any atom is -0.313 e. The molecule has 0 aliphatic rings. The van der Waals surface area contributed by atoms with Gasteiger partial charge in [0.15, 0.2) is 0 Å². The zero-order chi connectivity index (χ0) is 10.4. The fraction of sp³-hybridized carbons (Fsp3) is 0.538. The van der Waals surface area contributed by atoms with Crippen LogP contribution >= 0.6 is 0 Å². The monoisotopic (exact) mass is 191 g/mol. The van der Waals surface area contributed by atoms with E-state index in [1.807, 2.05) is 0 Å². The molecular formula is C13H21N. The van der Waals surface area contributed by atoms with Crippen molar-refractivity contribution in [3.05, 3.63) is 34.9 Å². The second-order valence-corrected chi connectivity index (χ2v) is 3.96. The van der Waals surface area contributed by atoms with Crippen molar-refractivity contribution >= 4 is 0 Å². The molecule has 1 N–H and O–H groups in total. The van der Waals surface area contributed by atoms with Crippen molar-refractivity contribution in [1.29, 1.82) is 0 Å². The van der Waals surface area contributed by atoms with Crippen LogP contribution in [0.25, 0.3) is 0 Å². The van der Waals surface area contributed by atoms with Crippen molar-refractivity contribution < 1.29 is 0 Å². The summed E-state index contributed by atoms with van der Waals surface area (Å²) in [4.78, 5) is 0. The highest BCUT2D eigenvalue weighted by atomic mass is 14.8. The number of benzene rings is 1. The first kappa shape index (κ1) is 11.3. The molecule has 0 fully saturated rings. The van der Waals surface area contributed by atoms with Gasteiger partial charge < -0.3 is 5.32 Å². The van der Waals surface area contributed by atoms with Gasteiger partial charge in [-0.05, 0) is 37.9 Å². The highest BCUT2D eigenvalue weighted by molar-refractivity contribution is 5.30. The molecule has 0 unspecified atom stereocenters. The number of aryl methyl sites for hydroxylation is 2. The topological polar surface area (TPSA) is 12.0 Å². The minimum absolute atomic E-state index is 1.01. The molecule has 1 heteroatoms. The van der Waals surface area contributed by atoms with Gasteiger partial charge in [-0.15, -0.1) is 0 Å². The lowest BCUT2D eigenvalue weighted by Crippen LogP contribution is -2.15. The summed E-state index contributed by atoms with van der Waals surface area (Å²) in [7, 11) is 0. The molecule has 0 aliphatic heterocycles. The average molecular weight is 191 g/mol. The van der Waals surface area contributed by atoms with Gasteiger partial charge in [0.1, 0.15) is 0 Å². The van der Waals surface area contributed by atoms with Gasteiger partial charge in [-0.1, -0.05) is 37.1 Å². The van der Waals surface area contributed by atoms with Crippen LogP contribution in [0.5, 0.6) is 0 Å². The lowest BCUT2D eigenvalue weighted by Gasteiger charge is -2.07. The normalized spacial score (nSPS) is 10.5. The summed E-state index contributed by atoms with van der Waals surface area (Å²) in [6.07, 6.45) is 2.53. The summed E-state index contributed by atoms with van der Waals surface area (Å²) >= 11 is 0. The molecule has 0 atom stereocenters. The predicted octanol–water partition coefficient (Wildman–Crippen LogP) is 3.19. The van der Waals surface area contributed by atoms with E-state index in [2.05, 4.69) is 44.3 Å². The van der Waals surface area contributed by atoms with E-state index in [9.17, 15) is 0 Å². The van der Waals surface area contributed by atoms with Gasteiger partial charge in [0.05, 0.1) is 0 Å². The second kappa shape index (κ2) is 5.82. The van der Waals surface area contributed by atoms with E-state index >= 15 is 0 Å². The highest BCUT2D eigenvalue weighted by Gasteiger charge is 1.97. The Morgan fingerprint density at radius 3 is 2.64 bits per heavy atom. The molecule has 0 aliphatic carbocycles. The van der Waals surface area contributed by atoms with Crippen molar-refractivity contribution in [2.75, 3.05) is 6.54 Å². The van der Waals surface area contributed by atoms with Crippen LogP contribution in [-0.4, -0.2) is 6.54 Å². The summed E-state index contributed by atoms with van der Waals surface area (Å²) in [5, 5.41) is 3.46. The average Bonchev–Trinajstić information content (AvgIpc) is 2.15. The molecule has 1 aromatic carbocycles. The molecule has 0 saturated heterocycles. The number of rotatable bonds is 5. The molecule has 1 nitrogen and oxygen atoms in total. The number of nitrogens with one attached hydrogen (secondary N) is 1. The molecule has 1 aromatic rings. The maximum absolute atomic E-state index is 3.46. The molecular weight excluding hydrogens is 170 g/mol. The molecule has 0 heterocycles. The fourth-order valence-corrected chi connectivity index (χ4v) is 1.57. The summed E-state index contributed by atoms with van der Waals surface area (Å²) in [6.45, 7) is 8.68. The highest BCUT2D eigenvalue weighted by Crippen LogP contribution is 2.09. The Hall–Kier alpha value is -0.820. The predicted molar refractivity (Wildman–Crippen MR) is 62.5 cm³/mol. The Kier molecular flexibility index (Phi) is 4.68. The van der Waals surface area contributed by atoms with Crippen molar-refractivity contribution in [1.82, 2.24) is 5.32 Å². The van der Waals surface area contributed by atoms with Crippen molar-refractivity contribution in [3.63, 3.8) is 0 Å². The lowest BCUT2D eigenvalue weighted by molar-refractivity contribution is 0.640. The smallest absolute Gasteiger partial charge is 0.0208 e. The van der Waals surface area contributed by atoms with E-state index in [-0.39, 0.29) is 0 Å². The van der Waals surface area contributed by atoms with Crippen molar-refractivity contribution in [2.24, 2.45) is 0 Å². The third kappa shape index (κ3) is 3.51. The van der Waals surface area contributed by atoms with Gasteiger partial charge in [0, 0.05) is 6.54 Å². The quantitative estimate of drug-likeness (QED) is 0.705. The lowest BCUT2D eigenvalue weighted by atomic mass is 10.1. The van der Waals surface area contributed by atoms with Crippen LogP contribution < -0.4 is 5.32 Å². The van der Waals surface area contributed by atoms with Gasteiger partial charge in [0.25, 0.3) is 0 Å². The van der Waals surface area contributed by atoms with Gasteiger partial charge in [-0.3, -0.25) is 0 Å². The first-order valence-electron chi connectivity index (χ1n) is 5.51. The first-order valence-corrected chi connectivity index (χ1v) is 5.51. The van der Waals surface area contributed by atoms with Crippen LogP contribution in [0.15, 0.2) is 18.2 Å². The number of unbranched alkanes of at least 4 members (excludes halogenated alkanes) is 1. The largest absolute Gasteiger partial charge is 0.313 e. The van der Waals surface area contributed by atoms with Crippen LogP contribution in [0.3, 0.4) is 0 Å². The molecule has 0 radical (unpaired) electrons. The third-order valence-corrected chi connectivity index (χ3v) is 2.52. The SMILES string of the molecule is CCCCNCc1ccc(C)cc1C. The third-order valence-electron chi connectivity index (χ3n) is 2.52. The Labute approximate surface area is 87.5 Å². The van der Waals surface area contributed by atoms with Crippen LogP contribution in [0.1, 0.15) is 36.5 Å². The van der Waals surface area contributed by atoms with Crippen LogP contribution in [0.2, 0.25) is 0 Å². The Morgan fingerprint density at radius 2 is 2.00 bits per heavy atom. The van der Waals surface area contributed by atoms with E-state index < -0.39 is 0 Å². The zero-order valence-electron chi connectivity index (χ0n) is 9.56. The summed E-state index contributed by atoms with van der Waals surface area (Å²) in [6, 6.07) is 6.66. The maximum Gasteiger partial charge on any atom is 0.0208 e. The molecule has 0 aromatic heterocycles. The molecule has 0 spiro atoms. The minimum atomic E-state index is 1.01. The molecule has 0 saturated carbocycles. The van der Waals surface area contributed by atoms with Gasteiger partial charge in [0.2, 0.25) is 0 Å². The van der Waals surface area contributed by atoms with E-state index in [4.69, 9.17) is 0 Å². The van der Waals surface area contributed by atoms with E-state index in [1.165, 1.54) is 29.5 Å². The molecule has 1 rings (SSSR count). The Balaban J connectivity index is 2.42. The first-order chi connectivity index (χ1) is 6.74. The van der Waals surface area contributed by atoms with Crippen LogP contribution in [-0.2, 0) is 6.54 Å². The number of hydrogen-bond donors (Lipinski definition) is 1. The molecule has 0 bridgehead atoms. The summed E-state index contributed by atoms with van der Waals surface area (Å²) < 4.78 is 0. The summed E-state index contributed by atoms with van der Waals surface area (Å²) in [5.74, 6) is 0. The van der Waals surface area contributed by atoms with Crippen molar-refractivity contribution in [2.45, 2.75) is 40.2 Å². The van der Waals surface area contributed by atoms with E-state index in [1.54, 1.807) is 0 Å².